The average Bonchev–Trinajstić information content (AvgIpc) is 2.17. The highest BCUT2D eigenvalue weighted by atomic mass is 16.1. The van der Waals surface area contributed by atoms with Crippen molar-refractivity contribution in [3.8, 4) is 0 Å². The Balaban J connectivity index is 2.73. The van der Waals surface area contributed by atoms with Crippen LogP contribution >= 0.6 is 0 Å². The second-order valence-electron chi connectivity index (χ2n) is 3.29. The van der Waals surface area contributed by atoms with Crippen LogP contribution in [0.15, 0.2) is 42.0 Å². The van der Waals surface area contributed by atoms with Gasteiger partial charge in [0.1, 0.15) is 6.29 Å². The van der Waals surface area contributed by atoms with Crippen molar-refractivity contribution in [3.63, 3.8) is 0 Å². The third kappa shape index (κ3) is 3.40. The zero-order valence-corrected chi connectivity index (χ0v) is 8.53. The molecule has 0 bridgehead atoms. The summed E-state index contributed by atoms with van der Waals surface area (Å²) >= 11 is 0. The van der Waals surface area contributed by atoms with Crippen LogP contribution < -0.4 is 0 Å². The van der Waals surface area contributed by atoms with Crippen LogP contribution in [0.2, 0.25) is 0 Å². The van der Waals surface area contributed by atoms with E-state index in [0.29, 0.717) is 0 Å². The van der Waals surface area contributed by atoms with E-state index in [1.807, 2.05) is 19.1 Å². The van der Waals surface area contributed by atoms with Crippen LogP contribution in [0.3, 0.4) is 0 Å². The fraction of sp³-hybridized carbons (Fsp3) is 0.154. The van der Waals surface area contributed by atoms with Crippen molar-refractivity contribution < 1.29 is 4.79 Å². The number of benzene rings is 1. The standard InChI is InChI=1S/C13H14O/c1-11-3-6-13(7-4-11)8-5-12(2)9-10-14/h3-10H,1-2H3. The highest BCUT2D eigenvalue weighted by molar-refractivity contribution is 5.68. The number of allylic oxidation sites excluding steroid dienone is 3. The summed E-state index contributed by atoms with van der Waals surface area (Å²) in [4.78, 5) is 10.2. The first kappa shape index (κ1) is 10.5. The Labute approximate surface area is 84.8 Å². The van der Waals surface area contributed by atoms with Gasteiger partial charge in [-0.25, -0.2) is 0 Å². The van der Waals surface area contributed by atoms with Gasteiger partial charge in [0.25, 0.3) is 0 Å². The van der Waals surface area contributed by atoms with Crippen molar-refractivity contribution in [1.29, 1.82) is 0 Å². The molecular formula is C13H14O. The van der Waals surface area contributed by atoms with E-state index in [0.717, 1.165) is 17.4 Å². The molecular weight excluding hydrogens is 172 g/mol. The van der Waals surface area contributed by atoms with Crippen molar-refractivity contribution in [2.75, 3.05) is 0 Å². The summed E-state index contributed by atoms with van der Waals surface area (Å²) in [5.41, 5.74) is 3.36. The molecule has 0 N–H and O–H groups in total. The maximum absolute atomic E-state index is 10.2. The monoisotopic (exact) mass is 186 g/mol. The van der Waals surface area contributed by atoms with Crippen molar-refractivity contribution in [2.24, 2.45) is 0 Å². The molecule has 1 nitrogen and oxygen atoms in total. The molecule has 0 saturated carbocycles. The molecule has 0 amide bonds. The summed E-state index contributed by atoms with van der Waals surface area (Å²) in [7, 11) is 0. The molecule has 0 fully saturated rings. The van der Waals surface area contributed by atoms with Crippen LogP contribution in [0.4, 0.5) is 0 Å². The molecule has 0 saturated heterocycles. The molecule has 72 valence electrons. The SMILES string of the molecule is CC(C=Cc1ccc(C)cc1)=CC=O. The molecule has 0 atom stereocenters. The lowest BCUT2D eigenvalue weighted by molar-refractivity contribution is -0.104. The predicted octanol–water partition coefficient (Wildman–Crippen LogP) is 3.15. The van der Waals surface area contributed by atoms with Crippen LogP contribution in [0, 0.1) is 6.92 Å². The van der Waals surface area contributed by atoms with E-state index >= 15 is 0 Å². The molecule has 0 heterocycles. The second-order valence-corrected chi connectivity index (χ2v) is 3.29. The Morgan fingerprint density at radius 3 is 2.43 bits per heavy atom. The van der Waals surface area contributed by atoms with Crippen LogP contribution in [0.25, 0.3) is 6.08 Å². The van der Waals surface area contributed by atoms with Crippen LogP contribution in [-0.4, -0.2) is 6.29 Å². The summed E-state index contributed by atoms with van der Waals surface area (Å²) in [6.45, 7) is 3.96. The van der Waals surface area contributed by atoms with Gasteiger partial charge in [-0.3, -0.25) is 4.79 Å². The molecule has 14 heavy (non-hydrogen) atoms. The van der Waals surface area contributed by atoms with Gasteiger partial charge < -0.3 is 0 Å². The zero-order valence-electron chi connectivity index (χ0n) is 8.53. The summed E-state index contributed by atoms with van der Waals surface area (Å²) < 4.78 is 0. The van der Waals surface area contributed by atoms with Gasteiger partial charge >= 0.3 is 0 Å². The highest BCUT2D eigenvalue weighted by Gasteiger charge is 1.86. The molecule has 0 unspecified atom stereocenters. The lowest BCUT2D eigenvalue weighted by Crippen LogP contribution is -1.74. The van der Waals surface area contributed by atoms with Crippen molar-refractivity contribution in [2.45, 2.75) is 13.8 Å². The molecule has 0 aliphatic carbocycles. The van der Waals surface area contributed by atoms with E-state index in [-0.39, 0.29) is 0 Å². The van der Waals surface area contributed by atoms with E-state index in [4.69, 9.17) is 0 Å². The molecule has 1 aromatic rings. The summed E-state index contributed by atoms with van der Waals surface area (Å²) in [5, 5.41) is 0. The van der Waals surface area contributed by atoms with Crippen molar-refractivity contribution in [3.05, 3.63) is 53.1 Å². The van der Waals surface area contributed by atoms with E-state index < -0.39 is 0 Å². The van der Waals surface area contributed by atoms with E-state index in [1.165, 1.54) is 5.56 Å². The Kier molecular flexibility index (Phi) is 3.86. The lowest BCUT2D eigenvalue weighted by atomic mass is 10.1. The Hall–Kier alpha value is -1.63. The molecule has 1 heteroatoms. The maximum Gasteiger partial charge on any atom is 0.143 e. The first-order chi connectivity index (χ1) is 6.72. The minimum atomic E-state index is 0.800. The third-order valence-corrected chi connectivity index (χ3v) is 1.95. The number of carbonyl (C=O) groups is 1. The smallest absolute Gasteiger partial charge is 0.143 e. The topological polar surface area (TPSA) is 17.1 Å². The number of hydrogen-bond acceptors (Lipinski definition) is 1. The number of aryl methyl sites for hydroxylation is 1. The number of aldehydes is 1. The minimum Gasteiger partial charge on any atom is -0.299 e. The average molecular weight is 186 g/mol. The zero-order chi connectivity index (χ0) is 10.4. The van der Waals surface area contributed by atoms with E-state index in [9.17, 15) is 4.79 Å². The largest absolute Gasteiger partial charge is 0.299 e. The van der Waals surface area contributed by atoms with Crippen LogP contribution in [0.5, 0.6) is 0 Å². The Morgan fingerprint density at radius 1 is 1.21 bits per heavy atom. The van der Waals surface area contributed by atoms with Gasteiger partial charge in [-0.1, -0.05) is 42.0 Å². The second kappa shape index (κ2) is 5.18. The molecule has 0 radical (unpaired) electrons. The summed E-state index contributed by atoms with van der Waals surface area (Å²) in [6, 6.07) is 8.25. The summed E-state index contributed by atoms with van der Waals surface area (Å²) in [5.74, 6) is 0. The Morgan fingerprint density at radius 2 is 1.86 bits per heavy atom. The van der Waals surface area contributed by atoms with Gasteiger partial charge in [-0.2, -0.15) is 0 Å². The molecule has 1 aromatic carbocycles. The summed E-state index contributed by atoms with van der Waals surface area (Å²) in [6.07, 6.45) is 6.27. The van der Waals surface area contributed by atoms with Gasteiger partial charge in [-0.15, -0.1) is 0 Å². The quantitative estimate of drug-likeness (QED) is 0.402. The van der Waals surface area contributed by atoms with E-state index in [1.54, 1.807) is 6.08 Å². The van der Waals surface area contributed by atoms with Crippen molar-refractivity contribution in [1.82, 2.24) is 0 Å². The lowest BCUT2D eigenvalue weighted by Gasteiger charge is -1.94. The Bertz CT molecular complexity index is 355. The molecule has 1 rings (SSSR count). The van der Waals surface area contributed by atoms with Crippen LogP contribution in [-0.2, 0) is 4.79 Å². The van der Waals surface area contributed by atoms with Gasteiger partial charge in [0.15, 0.2) is 0 Å². The molecule has 0 aliphatic rings. The number of rotatable bonds is 3. The normalized spacial score (nSPS) is 12.0. The van der Waals surface area contributed by atoms with Gasteiger partial charge in [0.2, 0.25) is 0 Å². The van der Waals surface area contributed by atoms with Crippen LogP contribution in [0.1, 0.15) is 18.1 Å². The van der Waals surface area contributed by atoms with Gasteiger partial charge in [0, 0.05) is 0 Å². The fourth-order valence-corrected chi connectivity index (χ4v) is 1.07. The first-order valence-electron chi connectivity index (χ1n) is 4.59. The highest BCUT2D eigenvalue weighted by Crippen LogP contribution is 2.06. The molecule has 0 aliphatic heterocycles. The fourth-order valence-electron chi connectivity index (χ4n) is 1.07. The van der Waals surface area contributed by atoms with Crippen molar-refractivity contribution >= 4 is 12.4 Å². The third-order valence-electron chi connectivity index (χ3n) is 1.95. The first-order valence-corrected chi connectivity index (χ1v) is 4.59. The maximum atomic E-state index is 10.2. The van der Waals surface area contributed by atoms with Gasteiger partial charge in [0.05, 0.1) is 0 Å². The van der Waals surface area contributed by atoms with E-state index in [2.05, 4.69) is 31.2 Å². The molecule has 0 spiro atoms. The molecule has 0 aromatic heterocycles. The predicted molar refractivity (Wildman–Crippen MR) is 60.0 cm³/mol. The number of hydrogen-bond donors (Lipinski definition) is 0. The van der Waals surface area contributed by atoms with Gasteiger partial charge in [-0.05, 0) is 31.1 Å². The minimum absolute atomic E-state index is 0.800. The number of carbonyl (C=O) groups excluding carboxylic acids is 1.